The minimum Gasteiger partial charge on any atom is -0.369 e. The number of imidazole rings is 1. The lowest BCUT2D eigenvalue weighted by Crippen LogP contribution is -2.46. The van der Waals surface area contributed by atoms with E-state index in [2.05, 4.69) is 27.9 Å². The first kappa shape index (κ1) is 18.4. The van der Waals surface area contributed by atoms with Gasteiger partial charge in [-0.15, -0.1) is 0 Å². The fourth-order valence-corrected chi connectivity index (χ4v) is 3.74. The standard InChI is InChI=1S/C19H27N5O2/c1-2-24-16-8-4-3-7-15(16)22-18(24)9-10-21-19(26)14-6-5-11-23(12-14)13-17(20)25/h3-4,7-8,14H,2,5-6,9-13H2,1H3,(H2,20,25)(H,21,26). The van der Waals surface area contributed by atoms with E-state index in [9.17, 15) is 9.59 Å². The summed E-state index contributed by atoms with van der Waals surface area (Å²) in [5.74, 6) is 0.629. The maximum Gasteiger partial charge on any atom is 0.231 e. The predicted molar refractivity (Wildman–Crippen MR) is 100 cm³/mol. The number of aromatic nitrogens is 2. The molecule has 140 valence electrons. The van der Waals surface area contributed by atoms with Crippen molar-refractivity contribution in [2.75, 3.05) is 26.2 Å². The highest BCUT2D eigenvalue weighted by atomic mass is 16.2. The van der Waals surface area contributed by atoms with Crippen LogP contribution in [0.1, 0.15) is 25.6 Å². The summed E-state index contributed by atoms with van der Waals surface area (Å²) in [6, 6.07) is 8.09. The van der Waals surface area contributed by atoms with Crippen LogP contribution in [0.2, 0.25) is 0 Å². The molecular weight excluding hydrogens is 330 g/mol. The van der Waals surface area contributed by atoms with Crippen LogP contribution >= 0.6 is 0 Å². The Hall–Kier alpha value is -2.41. The van der Waals surface area contributed by atoms with Crippen molar-refractivity contribution in [3.05, 3.63) is 30.1 Å². The zero-order valence-corrected chi connectivity index (χ0v) is 15.3. The van der Waals surface area contributed by atoms with Gasteiger partial charge in [0.25, 0.3) is 0 Å². The zero-order chi connectivity index (χ0) is 18.5. The Balaban J connectivity index is 1.54. The number of primary amides is 1. The van der Waals surface area contributed by atoms with Crippen molar-refractivity contribution < 1.29 is 9.59 Å². The van der Waals surface area contributed by atoms with Crippen molar-refractivity contribution >= 4 is 22.8 Å². The van der Waals surface area contributed by atoms with Crippen molar-refractivity contribution in [3.63, 3.8) is 0 Å². The molecule has 1 aromatic heterocycles. The number of nitrogens with zero attached hydrogens (tertiary/aromatic N) is 3. The van der Waals surface area contributed by atoms with Gasteiger partial charge in [0, 0.05) is 26.1 Å². The summed E-state index contributed by atoms with van der Waals surface area (Å²) in [6.07, 6.45) is 2.47. The van der Waals surface area contributed by atoms with E-state index in [1.165, 1.54) is 0 Å². The Morgan fingerprint density at radius 2 is 2.15 bits per heavy atom. The van der Waals surface area contributed by atoms with Crippen molar-refractivity contribution in [1.82, 2.24) is 19.8 Å². The van der Waals surface area contributed by atoms with Gasteiger partial charge >= 0.3 is 0 Å². The van der Waals surface area contributed by atoms with Crippen LogP contribution in [0.15, 0.2) is 24.3 Å². The lowest BCUT2D eigenvalue weighted by atomic mass is 9.97. The van der Waals surface area contributed by atoms with Crippen LogP contribution in [0.3, 0.4) is 0 Å². The van der Waals surface area contributed by atoms with Gasteiger partial charge in [-0.05, 0) is 38.4 Å². The first-order valence-corrected chi connectivity index (χ1v) is 9.31. The Morgan fingerprint density at radius 1 is 1.35 bits per heavy atom. The molecule has 0 saturated carbocycles. The fourth-order valence-electron chi connectivity index (χ4n) is 3.74. The number of rotatable bonds is 7. The summed E-state index contributed by atoms with van der Waals surface area (Å²) in [4.78, 5) is 30.2. The van der Waals surface area contributed by atoms with E-state index in [0.29, 0.717) is 19.5 Å². The first-order valence-electron chi connectivity index (χ1n) is 9.31. The molecule has 1 saturated heterocycles. The molecule has 2 heterocycles. The third kappa shape index (κ3) is 4.22. The van der Waals surface area contributed by atoms with E-state index in [1.807, 2.05) is 23.1 Å². The zero-order valence-electron chi connectivity index (χ0n) is 15.3. The molecule has 26 heavy (non-hydrogen) atoms. The second kappa shape index (κ2) is 8.31. The minimum atomic E-state index is -0.343. The number of benzene rings is 1. The Labute approximate surface area is 153 Å². The average molecular weight is 357 g/mol. The molecule has 2 amide bonds. The highest BCUT2D eigenvalue weighted by molar-refractivity contribution is 5.79. The van der Waals surface area contributed by atoms with Gasteiger partial charge in [-0.3, -0.25) is 14.5 Å². The largest absolute Gasteiger partial charge is 0.369 e. The summed E-state index contributed by atoms with van der Waals surface area (Å²) in [7, 11) is 0. The van der Waals surface area contributed by atoms with E-state index in [-0.39, 0.29) is 24.3 Å². The number of hydrogen-bond acceptors (Lipinski definition) is 4. The molecule has 3 N–H and O–H groups in total. The number of nitrogens with one attached hydrogen (secondary N) is 1. The molecule has 7 nitrogen and oxygen atoms in total. The maximum atomic E-state index is 12.5. The van der Waals surface area contributed by atoms with Crippen molar-refractivity contribution in [3.8, 4) is 0 Å². The third-order valence-corrected chi connectivity index (χ3v) is 4.95. The molecule has 1 fully saturated rings. The summed E-state index contributed by atoms with van der Waals surface area (Å²) in [5.41, 5.74) is 7.38. The second-order valence-corrected chi connectivity index (χ2v) is 6.84. The number of amides is 2. The van der Waals surface area contributed by atoms with Crippen LogP contribution in [0.25, 0.3) is 11.0 Å². The number of aryl methyl sites for hydroxylation is 1. The normalized spacial score (nSPS) is 18.1. The van der Waals surface area contributed by atoms with Crippen molar-refractivity contribution in [2.45, 2.75) is 32.7 Å². The second-order valence-electron chi connectivity index (χ2n) is 6.84. The Bertz CT molecular complexity index is 785. The van der Waals surface area contributed by atoms with E-state index < -0.39 is 0 Å². The highest BCUT2D eigenvalue weighted by Crippen LogP contribution is 2.17. The van der Waals surface area contributed by atoms with Crippen molar-refractivity contribution in [1.29, 1.82) is 0 Å². The lowest BCUT2D eigenvalue weighted by molar-refractivity contribution is -0.128. The Morgan fingerprint density at radius 3 is 2.92 bits per heavy atom. The number of carbonyl (C=O) groups is 2. The summed E-state index contributed by atoms with van der Waals surface area (Å²) in [5, 5.41) is 3.04. The smallest absolute Gasteiger partial charge is 0.231 e. The predicted octanol–water partition coefficient (Wildman–Crippen LogP) is 0.912. The molecule has 0 spiro atoms. The minimum absolute atomic E-state index is 0.0540. The highest BCUT2D eigenvalue weighted by Gasteiger charge is 2.26. The topological polar surface area (TPSA) is 93.3 Å². The quantitative estimate of drug-likeness (QED) is 0.770. The number of piperidine rings is 1. The average Bonchev–Trinajstić information content (AvgIpc) is 2.98. The van der Waals surface area contributed by atoms with E-state index >= 15 is 0 Å². The molecular formula is C19H27N5O2. The van der Waals surface area contributed by atoms with Crippen LogP contribution in [-0.2, 0) is 22.6 Å². The van der Waals surface area contributed by atoms with Crippen LogP contribution in [-0.4, -0.2) is 52.4 Å². The van der Waals surface area contributed by atoms with Crippen LogP contribution in [0.5, 0.6) is 0 Å². The molecule has 0 radical (unpaired) electrons. The van der Waals surface area contributed by atoms with E-state index in [0.717, 1.165) is 42.8 Å². The summed E-state index contributed by atoms with van der Waals surface area (Å²) in [6.45, 7) is 5.17. The van der Waals surface area contributed by atoms with Gasteiger partial charge < -0.3 is 15.6 Å². The molecule has 2 aromatic rings. The summed E-state index contributed by atoms with van der Waals surface area (Å²) >= 11 is 0. The van der Waals surface area contributed by atoms with Crippen LogP contribution in [0.4, 0.5) is 0 Å². The fraction of sp³-hybridized carbons (Fsp3) is 0.526. The van der Waals surface area contributed by atoms with Gasteiger partial charge in [-0.2, -0.15) is 0 Å². The van der Waals surface area contributed by atoms with Gasteiger partial charge in [0.2, 0.25) is 11.8 Å². The maximum absolute atomic E-state index is 12.5. The lowest BCUT2D eigenvalue weighted by Gasteiger charge is -2.30. The van der Waals surface area contributed by atoms with Crippen LogP contribution in [0, 0.1) is 5.92 Å². The third-order valence-electron chi connectivity index (χ3n) is 4.95. The summed E-state index contributed by atoms with van der Waals surface area (Å²) < 4.78 is 2.19. The Kier molecular flexibility index (Phi) is 5.88. The van der Waals surface area contributed by atoms with Gasteiger partial charge in [0.05, 0.1) is 23.5 Å². The molecule has 0 aliphatic carbocycles. The molecule has 1 aliphatic rings. The number of fused-ring (bicyclic) bond motifs is 1. The molecule has 0 bridgehead atoms. The van der Waals surface area contributed by atoms with E-state index in [4.69, 9.17) is 5.73 Å². The van der Waals surface area contributed by atoms with Crippen LogP contribution < -0.4 is 11.1 Å². The van der Waals surface area contributed by atoms with E-state index in [1.54, 1.807) is 0 Å². The van der Waals surface area contributed by atoms with Gasteiger partial charge in [-0.25, -0.2) is 4.98 Å². The monoisotopic (exact) mass is 357 g/mol. The molecule has 1 atom stereocenters. The number of nitrogens with two attached hydrogens (primary N) is 1. The van der Waals surface area contributed by atoms with Gasteiger partial charge in [-0.1, -0.05) is 12.1 Å². The molecule has 1 aliphatic heterocycles. The molecule has 1 unspecified atom stereocenters. The molecule has 3 rings (SSSR count). The van der Waals surface area contributed by atoms with Gasteiger partial charge in [0.1, 0.15) is 5.82 Å². The molecule has 7 heteroatoms. The SMILES string of the molecule is CCn1c(CCNC(=O)C2CCCN(CC(N)=O)C2)nc2ccccc21. The number of likely N-dealkylation sites (tertiary alicyclic amines) is 1. The molecule has 1 aromatic carbocycles. The number of carbonyl (C=O) groups excluding carboxylic acids is 2. The van der Waals surface area contributed by atoms with Gasteiger partial charge in [0.15, 0.2) is 0 Å². The number of hydrogen-bond donors (Lipinski definition) is 2. The number of para-hydroxylation sites is 2. The van der Waals surface area contributed by atoms with Crippen molar-refractivity contribution in [2.24, 2.45) is 11.7 Å². The first-order chi connectivity index (χ1) is 12.6.